The largest absolute Gasteiger partial charge is 0.290 e. The van der Waals surface area contributed by atoms with Gasteiger partial charge in [-0.1, -0.05) is 53.0 Å². The van der Waals surface area contributed by atoms with Gasteiger partial charge in [-0.3, -0.25) is 4.79 Å². The van der Waals surface area contributed by atoms with Gasteiger partial charge >= 0.3 is 0 Å². The van der Waals surface area contributed by atoms with E-state index in [0.717, 1.165) is 0 Å². The molecule has 2 rings (SSSR count). The summed E-state index contributed by atoms with van der Waals surface area (Å²) in [5.74, 6) is -0.786. The van der Waals surface area contributed by atoms with Crippen LogP contribution in [0.4, 0.5) is 0 Å². The Bertz CT molecular complexity index is 785. The van der Waals surface area contributed by atoms with Gasteiger partial charge in [0.15, 0.2) is 0 Å². The smallest absolute Gasteiger partial charge is 0.282 e. The van der Waals surface area contributed by atoms with Crippen LogP contribution in [-0.2, 0) is 14.8 Å². The van der Waals surface area contributed by atoms with Crippen LogP contribution >= 0.6 is 46.4 Å². The fourth-order valence-corrected chi connectivity index (χ4v) is 4.01. The predicted molar refractivity (Wildman–Crippen MR) is 88.7 cm³/mol. The summed E-state index contributed by atoms with van der Waals surface area (Å²) in [6, 6.07) is 7.54. The fourth-order valence-electron chi connectivity index (χ4n) is 1.80. The van der Waals surface area contributed by atoms with E-state index in [9.17, 15) is 13.2 Å². The minimum absolute atomic E-state index is 0.0260. The third kappa shape index (κ3) is 3.05. The first-order valence-electron chi connectivity index (χ1n) is 5.92. The molecule has 0 saturated carbocycles. The quantitative estimate of drug-likeness (QED) is 0.711. The third-order valence-corrected chi connectivity index (χ3v) is 6.33. The molecular formula is C13H9Cl4NO3S. The number of ketones is 1. The summed E-state index contributed by atoms with van der Waals surface area (Å²) in [5, 5.41) is -1.63. The first kappa shape index (κ1) is 17.8. The lowest BCUT2D eigenvalue weighted by Gasteiger charge is -2.30. The summed E-state index contributed by atoms with van der Waals surface area (Å²) >= 11 is 23.7. The van der Waals surface area contributed by atoms with Crippen LogP contribution in [-0.4, -0.2) is 29.6 Å². The van der Waals surface area contributed by atoms with E-state index in [4.69, 9.17) is 46.4 Å². The van der Waals surface area contributed by atoms with Crippen molar-refractivity contribution in [2.24, 2.45) is 4.40 Å². The highest BCUT2D eigenvalue weighted by atomic mass is 35.5. The molecule has 0 bridgehead atoms. The van der Waals surface area contributed by atoms with Gasteiger partial charge in [-0.05, 0) is 24.6 Å². The number of halogens is 4. The van der Waals surface area contributed by atoms with Crippen molar-refractivity contribution >= 4 is 67.9 Å². The Kier molecular flexibility index (Phi) is 4.95. The second kappa shape index (κ2) is 6.13. The molecule has 0 fully saturated rings. The van der Waals surface area contributed by atoms with Crippen molar-refractivity contribution in [1.82, 2.24) is 0 Å². The average Bonchev–Trinajstić information content (AvgIpc) is 2.49. The maximum absolute atomic E-state index is 12.3. The second-order valence-electron chi connectivity index (χ2n) is 4.52. The van der Waals surface area contributed by atoms with Gasteiger partial charge in [-0.2, -0.15) is 12.8 Å². The highest BCUT2D eigenvalue weighted by Crippen LogP contribution is 2.41. The lowest BCUT2D eigenvalue weighted by Crippen LogP contribution is -2.46. The molecule has 0 saturated heterocycles. The number of sulfonamides is 1. The van der Waals surface area contributed by atoms with Crippen molar-refractivity contribution < 1.29 is 13.2 Å². The number of carbonyl (C=O) groups excluding carboxylic acids is 1. The number of benzene rings is 1. The SMILES string of the molecule is CC1=C(Cl)C(=O)C(Cl)(Cl)C(Cl)/C1=N/S(=O)(=O)c1ccccc1. The lowest BCUT2D eigenvalue weighted by molar-refractivity contribution is -0.115. The lowest BCUT2D eigenvalue weighted by atomic mass is 9.96. The Hall–Kier alpha value is -0.590. The van der Waals surface area contributed by atoms with Gasteiger partial charge in [0.1, 0.15) is 5.38 Å². The maximum atomic E-state index is 12.3. The molecule has 0 heterocycles. The molecule has 0 spiro atoms. The predicted octanol–water partition coefficient (Wildman–Crippen LogP) is 3.69. The summed E-state index contributed by atoms with van der Waals surface area (Å²) in [6.45, 7) is 1.43. The summed E-state index contributed by atoms with van der Waals surface area (Å²) in [6.07, 6.45) is 0. The molecule has 0 N–H and O–H groups in total. The van der Waals surface area contributed by atoms with Crippen LogP contribution in [0.15, 0.2) is 50.2 Å². The molecule has 0 aromatic heterocycles. The highest BCUT2D eigenvalue weighted by molar-refractivity contribution is 7.90. The minimum atomic E-state index is -4.03. The number of hydrogen-bond donors (Lipinski definition) is 0. The Morgan fingerprint density at radius 1 is 1.18 bits per heavy atom. The van der Waals surface area contributed by atoms with Gasteiger partial charge in [0.25, 0.3) is 10.0 Å². The molecule has 1 atom stereocenters. The molecule has 22 heavy (non-hydrogen) atoms. The van der Waals surface area contributed by atoms with Crippen molar-refractivity contribution in [3.05, 3.63) is 40.9 Å². The summed E-state index contributed by atoms with van der Waals surface area (Å²) in [7, 11) is -4.03. The Balaban J connectivity index is 2.63. The van der Waals surface area contributed by atoms with Crippen molar-refractivity contribution in [3.8, 4) is 0 Å². The second-order valence-corrected chi connectivity index (χ2v) is 8.32. The van der Waals surface area contributed by atoms with Gasteiger partial charge in [0, 0.05) is 0 Å². The molecule has 9 heteroatoms. The van der Waals surface area contributed by atoms with Gasteiger partial charge in [0.2, 0.25) is 10.1 Å². The van der Waals surface area contributed by atoms with Crippen LogP contribution in [0.3, 0.4) is 0 Å². The summed E-state index contributed by atoms with van der Waals surface area (Å²) in [5.41, 5.74) is -0.0248. The number of hydrogen-bond acceptors (Lipinski definition) is 3. The van der Waals surface area contributed by atoms with Crippen LogP contribution < -0.4 is 0 Å². The molecule has 1 unspecified atom stereocenters. The van der Waals surface area contributed by atoms with Crippen LogP contribution in [0.25, 0.3) is 0 Å². The molecule has 118 valence electrons. The van der Waals surface area contributed by atoms with Gasteiger partial charge in [-0.15, -0.1) is 11.6 Å². The molecule has 0 radical (unpaired) electrons. The topological polar surface area (TPSA) is 63.6 Å². The van der Waals surface area contributed by atoms with Crippen molar-refractivity contribution in [2.75, 3.05) is 0 Å². The average molecular weight is 401 g/mol. The minimum Gasteiger partial charge on any atom is -0.290 e. The first-order valence-corrected chi connectivity index (χ1v) is 8.93. The Morgan fingerprint density at radius 3 is 2.27 bits per heavy atom. The molecule has 4 nitrogen and oxygen atoms in total. The van der Waals surface area contributed by atoms with E-state index >= 15 is 0 Å². The highest BCUT2D eigenvalue weighted by Gasteiger charge is 2.50. The van der Waals surface area contributed by atoms with E-state index in [0.29, 0.717) is 0 Å². The zero-order chi connectivity index (χ0) is 16.7. The number of carbonyl (C=O) groups is 1. The maximum Gasteiger partial charge on any atom is 0.282 e. The van der Waals surface area contributed by atoms with E-state index in [1.165, 1.54) is 19.1 Å². The van der Waals surface area contributed by atoms with Gasteiger partial charge < -0.3 is 0 Å². The van der Waals surface area contributed by atoms with Gasteiger partial charge in [-0.25, -0.2) is 0 Å². The van der Waals surface area contributed by atoms with Crippen LogP contribution in [0.1, 0.15) is 6.92 Å². The standard InChI is InChI=1S/C13H9Cl4NO3S/c1-7-9(14)12(19)13(16,17)11(15)10(7)18-22(20,21)8-5-3-2-4-6-8/h2-6,11H,1H3/b18-10+. The van der Waals surface area contributed by atoms with Crippen LogP contribution in [0.5, 0.6) is 0 Å². The van der Waals surface area contributed by atoms with Crippen molar-refractivity contribution in [3.63, 3.8) is 0 Å². The molecule has 1 aliphatic carbocycles. The molecule has 1 aromatic rings. The fraction of sp³-hybridized carbons (Fsp3) is 0.231. The summed E-state index contributed by atoms with van der Waals surface area (Å²) in [4.78, 5) is 11.9. The number of alkyl halides is 3. The van der Waals surface area contributed by atoms with E-state index in [2.05, 4.69) is 4.40 Å². The monoisotopic (exact) mass is 399 g/mol. The van der Waals surface area contributed by atoms with E-state index < -0.39 is 25.5 Å². The van der Waals surface area contributed by atoms with E-state index in [-0.39, 0.29) is 21.2 Å². The molecule has 0 amide bonds. The molecule has 1 aliphatic rings. The van der Waals surface area contributed by atoms with Crippen molar-refractivity contribution in [1.29, 1.82) is 0 Å². The van der Waals surface area contributed by atoms with Crippen LogP contribution in [0, 0.1) is 0 Å². The first-order chi connectivity index (χ1) is 10.1. The molecule has 0 aliphatic heterocycles. The molecular weight excluding hydrogens is 392 g/mol. The zero-order valence-corrected chi connectivity index (χ0v) is 14.9. The summed E-state index contributed by atoms with van der Waals surface area (Å²) < 4.78 is 26.2. The van der Waals surface area contributed by atoms with Crippen molar-refractivity contribution in [2.45, 2.75) is 21.5 Å². The number of rotatable bonds is 2. The van der Waals surface area contributed by atoms with Gasteiger partial charge in [0.05, 0.1) is 15.6 Å². The Labute approximate surface area is 147 Å². The number of allylic oxidation sites excluding steroid dienone is 2. The molecule has 1 aromatic carbocycles. The third-order valence-electron chi connectivity index (χ3n) is 3.03. The van der Waals surface area contributed by atoms with Crippen LogP contribution in [0.2, 0.25) is 0 Å². The van der Waals surface area contributed by atoms with E-state index in [1.54, 1.807) is 18.2 Å². The number of nitrogens with zero attached hydrogens (tertiary/aromatic N) is 1. The number of Topliss-reactive ketones (excluding diaryl/α,β-unsaturated/α-hetero) is 1. The zero-order valence-electron chi connectivity index (χ0n) is 11.1. The Morgan fingerprint density at radius 2 is 1.73 bits per heavy atom. The van der Waals surface area contributed by atoms with E-state index in [1.807, 2.05) is 0 Å². The normalized spacial score (nSPS) is 24.0.